The number of carbonyl (C=O) groups excluding carboxylic acids is 2. The molecule has 0 aromatic heterocycles. The van der Waals surface area contributed by atoms with Gasteiger partial charge in [-0.25, -0.2) is 0 Å². The number of piperidine rings is 1. The first-order valence-corrected chi connectivity index (χ1v) is 9.56. The highest BCUT2D eigenvalue weighted by Gasteiger charge is 2.41. The van der Waals surface area contributed by atoms with E-state index in [0.29, 0.717) is 23.7 Å². The van der Waals surface area contributed by atoms with Gasteiger partial charge in [0.15, 0.2) is 0 Å². The molecule has 2 aliphatic rings. The Morgan fingerprint density at radius 3 is 2.50 bits per heavy atom. The van der Waals surface area contributed by atoms with E-state index in [2.05, 4.69) is 18.7 Å². The number of amides is 2. The van der Waals surface area contributed by atoms with E-state index in [-0.39, 0.29) is 11.8 Å². The van der Waals surface area contributed by atoms with Crippen LogP contribution in [0.3, 0.4) is 0 Å². The van der Waals surface area contributed by atoms with Crippen molar-refractivity contribution in [2.45, 2.75) is 39.5 Å². The monoisotopic (exact) mass is 356 g/mol. The van der Waals surface area contributed by atoms with E-state index in [1.807, 2.05) is 24.3 Å². The molecule has 1 unspecified atom stereocenters. The van der Waals surface area contributed by atoms with Crippen molar-refractivity contribution >= 4 is 17.4 Å². The van der Waals surface area contributed by atoms with Crippen LogP contribution >= 0.6 is 0 Å². The number of hydrogen-bond acceptors (Lipinski definition) is 4. The number of imide groups is 1. The molecular weight excluding hydrogens is 328 g/mol. The summed E-state index contributed by atoms with van der Waals surface area (Å²) in [7, 11) is 1.62. The Kier molecular flexibility index (Phi) is 5.64. The Morgan fingerprint density at radius 2 is 1.88 bits per heavy atom. The van der Waals surface area contributed by atoms with Gasteiger partial charge in [-0.05, 0) is 42.9 Å². The summed E-state index contributed by atoms with van der Waals surface area (Å²) in [5.41, 5.74) is 1.92. The summed E-state index contributed by atoms with van der Waals surface area (Å²) in [4.78, 5) is 29.8. The standard InChI is InChI=1S/C21H28N2O3/c1-4-5-13-23-20(24)18(16-8-10-17(26-3)11-9-16)19(21(23)25)22-12-6-7-15(2)14-22/h8-11,15H,4-7,12-14H2,1-3H3. The molecule has 0 radical (unpaired) electrons. The zero-order valence-corrected chi connectivity index (χ0v) is 16.0. The van der Waals surface area contributed by atoms with E-state index < -0.39 is 0 Å². The fraction of sp³-hybridized carbons (Fsp3) is 0.524. The van der Waals surface area contributed by atoms with Crippen LogP contribution in [-0.2, 0) is 9.59 Å². The summed E-state index contributed by atoms with van der Waals surface area (Å²) >= 11 is 0. The molecule has 0 spiro atoms. The van der Waals surface area contributed by atoms with Gasteiger partial charge in [-0.3, -0.25) is 14.5 Å². The van der Waals surface area contributed by atoms with Crippen LogP contribution in [0.4, 0.5) is 0 Å². The lowest BCUT2D eigenvalue weighted by molar-refractivity contribution is -0.137. The summed E-state index contributed by atoms with van der Waals surface area (Å²) in [6.45, 7) is 6.42. The number of hydrogen-bond donors (Lipinski definition) is 0. The smallest absolute Gasteiger partial charge is 0.277 e. The minimum absolute atomic E-state index is 0.136. The zero-order chi connectivity index (χ0) is 18.7. The summed E-state index contributed by atoms with van der Waals surface area (Å²) in [5.74, 6) is 0.966. The molecule has 1 saturated heterocycles. The van der Waals surface area contributed by atoms with Gasteiger partial charge in [0.2, 0.25) is 0 Å². The molecule has 2 amide bonds. The second kappa shape index (κ2) is 7.94. The minimum Gasteiger partial charge on any atom is -0.497 e. The van der Waals surface area contributed by atoms with E-state index in [9.17, 15) is 9.59 Å². The number of unbranched alkanes of at least 4 members (excludes halogenated alkanes) is 1. The number of carbonyl (C=O) groups is 2. The van der Waals surface area contributed by atoms with Gasteiger partial charge in [0.25, 0.3) is 11.8 Å². The normalized spacial score (nSPS) is 21.0. The Bertz CT molecular complexity index is 708. The zero-order valence-electron chi connectivity index (χ0n) is 16.0. The molecule has 0 bridgehead atoms. The number of methoxy groups -OCH3 is 1. The van der Waals surface area contributed by atoms with Crippen molar-refractivity contribution in [1.82, 2.24) is 9.80 Å². The molecule has 140 valence electrons. The lowest BCUT2D eigenvalue weighted by atomic mass is 9.98. The van der Waals surface area contributed by atoms with Crippen LogP contribution in [0.1, 0.15) is 45.1 Å². The highest BCUT2D eigenvalue weighted by molar-refractivity contribution is 6.35. The van der Waals surface area contributed by atoms with Gasteiger partial charge < -0.3 is 9.64 Å². The molecule has 1 atom stereocenters. The third-order valence-electron chi connectivity index (χ3n) is 5.23. The predicted octanol–water partition coefficient (Wildman–Crippen LogP) is 3.31. The second-order valence-electron chi connectivity index (χ2n) is 7.26. The van der Waals surface area contributed by atoms with Crippen LogP contribution in [-0.4, -0.2) is 48.4 Å². The fourth-order valence-electron chi connectivity index (χ4n) is 3.79. The van der Waals surface area contributed by atoms with E-state index in [4.69, 9.17) is 4.74 Å². The van der Waals surface area contributed by atoms with Crippen LogP contribution in [0.2, 0.25) is 0 Å². The van der Waals surface area contributed by atoms with Gasteiger partial charge in [0, 0.05) is 19.6 Å². The quantitative estimate of drug-likeness (QED) is 0.734. The molecule has 1 aromatic rings. The maximum atomic E-state index is 13.1. The van der Waals surface area contributed by atoms with Gasteiger partial charge in [-0.2, -0.15) is 0 Å². The van der Waals surface area contributed by atoms with E-state index in [1.54, 1.807) is 7.11 Å². The number of rotatable bonds is 6. The lowest BCUT2D eigenvalue weighted by Crippen LogP contribution is -2.39. The van der Waals surface area contributed by atoms with Crippen molar-refractivity contribution in [3.8, 4) is 5.75 Å². The summed E-state index contributed by atoms with van der Waals surface area (Å²) in [5, 5.41) is 0. The van der Waals surface area contributed by atoms with Crippen LogP contribution in [0.15, 0.2) is 30.0 Å². The Labute approximate surface area is 155 Å². The Morgan fingerprint density at radius 1 is 1.15 bits per heavy atom. The largest absolute Gasteiger partial charge is 0.497 e. The highest BCUT2D eigenvalue weighted by Crippen LogP contribution is 2.34. The van der Waals surface area contributed by atoms with E-state index in [0.717, 1.165) is 43.7 Å². The predicted molar refractivity (Wildman–Crippen MR) is 102 cm³/mol. The summed E-state index contributed by atoms with van der Waals surface area (Å²) in [6.07, 6.45) is 4.00. The van der Waals surface area contributed by atoms with Gasteiger partial charge in [0.05, 0.1) is 12.7 Å². The van der Waals surface area contributed by atoms with E-state index >= 15 is 0 Å². The van der Waals surface area contributed by atoms with Crippen LogP contribution in [0.5, 0.6) is 5.75 Å². The summed E-state index contributed by atoms with van der Waals surface area (Å²) < 4.78 is 5.22. The molecule has 5 nitrogen and oxygen atoms in total. The molecule has 0 aliphatic carbocycles. The molecular formula is C21H28N2O3. The van der Waals surface area contributed by atoms with Crippen molar-refractivity contribution in [2.75, 3.05) is 26.7 Å². The van der Waals surface area contributed by atoms with Crippen LogP contribution < -0.4 is 4.74 Å². The topological polar surface area (TPSA) is 49.9 Å². The SMILES string of the molecule is CCCCN1C(=O)C(c2ccc(OC)cc2)=C(N2CCCC(C)C2)C1=O. The van der Waals surface area contributed by atoms with Gasteiger partial charge in [-0.1, -0.05) is 32.4 Å². The molecule has 2 heterocycles. The third kappa shape index (κ3) is 3.48. The first-order valence-electron chi connectivity index (χ1n) is 9.56. The first kappa shape index (κ1) is 18.5. The van der Waals surface area contributed by atoms with Crippen molar-refractivity contribution in [1.29, 1.82) is 0 Å². The molecule has 1 aromatic carbocycles. The molecule has 0 saturated carbocycles. The number of benzene rings is 1. The maximum absolute atomic E-state index is 13.1. The van der Waals surface area contributed by atoms with Gasteiger partial charge in [-0.15, -0.1) is 0 Å². The average molecular weight is 356 g/mol. The molecule has 26 heavy (non-hydrogen) atoms. The number of ether oxygens (including phenoxy) is 1. The third-order valence-corrected chi connectivity index (χ3v) is 5.23. The van der Waals surface area contributed by atoms with Crippen molar-refractivity contribution in [2.24, 2.45) is 5.92 Å². The van der Waals surface area contributed by atoms with Gasteiger partial charge >= 0.3 is 0 Å². The molecule has 1 fully saturated rings. The average Bonchev–Trinajstić information content (AvgIpc) is 2.90. The van der Waals surface area contributed by atoms with Crippen molar-refractivity contribution in [3.05, 3.63) is 35.5 Å². The number of likely N-dealkylation sites (tertiary alicyclic amines) is 1. The van der Waals surface area contributed by atoms with Crippen molar-refractivity contribution < 1.29 is 14.3 Å². The minimum atomic E-state index is -0.165. The molecule has 0 N–H and O–H groups in total. The molecule has 3 rings (SSSR count). The fourth-order valence-corrected chi connectivity index (χ4v) is 3.79. The van der Waals surface area contributed by atoms with Crippen LogP contribution in [0, 0.1) is 5.92 Å². The maximum Gasteiger partial charge on any atom is 0.277 e. The van der Waals surface area contributed by atoms with Crippen molar-refractivity contribution in [3.63, 3.8) is 0 Å². The van der Waals surface area contributed by atoms with E-state index in [1.165, 1.54) is 11.3 Å². The Balaban J connectivity index is 2.01. The van der Waals surface area contributed by atoms with Gasteiger partial charge in [0.1, 0.15) is 11.4 Å². The Hall–Kier alpha value is -2.30. The second-order valence-corrected chi connectivity index (χ2v) is 7.26. The lowest BCUT2D eigenvalue weighted by Gasteiger charge is -2.33. The molecule has 5 heteroatoms. The summed E-state index contributed by atoms with van der Waals surface area (Å²) in [6, 6.07) is 7.42. The molecule has 2 aliphatic heterocycles. The number of nitrogens with zero attached hydrogens (tertiary/aromatic N) is 2. The first-order chi connectivity index (χ1) is 12.6. The van der Waals surface area contributed by atoms with Crippen LogP contribution in [0.25, 0.3) is 5.57 Å². The highest BCUT2D eigenvalue weighted by atomic mass is 16.5.